The SMILES string of the molecule is CC(C)c1ccnc(N(Cc2ccncc2)c2[c]cccn2)c1. The maximum Gasteiger partial charge on any atom is 0.142 e. The van der Waals surface area contributed by atoms with E-state index >= 15 is 0 Å². The van der Waals surface area contributed by atoms with E-state index in [1.165, 1.54) is 5.56 Å². The summed E-state index contributed by atoms with van der Waals surface area (Å²) in [5.41, 5.74) is 2.40. The summed E-state index contributed by atoms with van der Waals surface area (Å²) in [6, 6.07) is 15.1. The van der Waals surface area contributed by atoms with Gasteiger partial charge in [0.25, 0.3) is 0 Å². The highest BCUT2D eigenvalue weighted by atomic mass is 15.2. The Balaban J connectivity index is 2.00. The van der Waals surface area contributed by atoms with E-state index in [4.69, 9.17) is 0 Å². The van der Waals surface area contributed by atoms with Gasteiger partial charge >= 0.3 is 0 Å². The molecule has 0 N–H and O–H groups in total. The van der Waals surface area contributed by atoms with Crippen molar-refractivity contribution in [3.63, 3.8) is 0 Å². The molecular weight excluding hydrogens is 284 g/mol. The number of rotatable bonds is 5. The summed E-state index contributed by atoms with van der Waals surface area (Å²) < 4.78 is 0. The highest BCUT2D eigenvalue weighted by Crippen LogP contribution is 2.26. The standard InChI is InChI=1S/C19H19N4/c1-15(2)17-8-12-22-19(13-17)23(18-5-3-4-9-21-18)14-16-6-10-20-11-7-16/h3-4,6-13,15H,14H2,1-2H3. The molecule has 0 saturated carbocycles. The summed E-state index contributed by atoms with van der Waals surface area (Å²) in [7, 11) is 0. The van der Waals surface area contributed by atoms with Crippen molar-refractivity contribution in [1.29, 1.82) is 0 Å². The normalized spacial score (nSPS) is 10.7. The lowest BCUT2D eigenvalue weighted by atomic mass is 10.0. The molecule has 0 aliphatic heterocycles. The molecule has 3 aromatic heterocycles. The first-order valence-corrected chi connectivity index (χ1v) is 7.69. The Bertz CT molecular complexity index is 742. The highest BCUT2D eigenvalue weighted by molar-refractivity contribution is 5.56. The van der Waals surface area contributed by atoms with E-state index in [1.807, 2.05) is 30.5 Å². The van der Waals surface area contributed by atoms with Crippen LogP contribution >= 0.6 is 0 Å². The van der Waals surface area contributed by atoms with Crippen LogP contribution in [0.1, 0.15) is 30.9 Å². The van der Waals surface area contributed by atoms with Crippen molar-refractivity contribution in [1.82, 2.24) is 15.0 Å². The zero-order chi connectivity index (χ0) is 16.1. The second-order valence-electron chi connectivity index (χ2n) is 5.65. The van der Waals surface area contributed by atoms with Gasteiger partial charge in [0.05, 0.1) is 6.54 Å². The van der Waals surface area contributed by atoms with Gasteiger partial charge in [0.15, 0.2) is 0 Å². The Morgan fingerprint density at radius 1 is 1.04 bits per heavy atom. The average Bonchev–Trinajstić information content (AvgIpc) is 2.61. The van der Waals surface area contributed by atoms with E-state index in [9.17, 15) is 0 Å². The number of hydrogen-bond donors (Lipinski definition) is 0. The lowest BCUT2D eigenvalue weighted by Crippen LogP contribution is -2.19. The molecule has 115 valence electrons. The zero-order valence-electron chi connectivity index (χ0n) is 13.3. The van der Waals surface area contributed by atoms with Gasteiger partial charge in [-0.05, 0) is 53.4 Å². The number of aromatic nitrogens is 3. The zero-order valence-corrected chi connectivity index (χ0v) is 13.3. The summed E-state index contributed by atoms with van der Waals surface area (Å²) in [6.07, 6.45) is 7.23. The minimum absolute atomic E-state index is 0.451. The monoisotopic (exact) mass is 303 g/mol. The van der Waals surface area contributed by atoms with Crippen LogP contribution in [0.2, 0.25) is 0 Å². The predicted octanol–water partition coefficient (Wildman–Crippen LogP) is 4.13. The third kappa shape index (κ3) is 3.72. The molecule has 0 aliphatic carbocycles. The molecule has 4 nitrogen and oxygen atoms in total. The number of nitrogens with zero attached hydrogens (tertiary/aromatic N) is 4. The van der Waals surface area contributed by atoms with Crippen LogP contribution < -0.4 is 4.90 Å². The minimum atomic E-state index is 0.451. The quantitative estimate of drug-likeness (QED) is 0.710. The lowest BCUT2D eigenvalue weighted by Gasteiger charge is -2.23. The van der Waals surface area contributed by atoms with E-state index in [1.54, 1.807) is 18.6 Å². The molecule has 4 heteroatoms. The van der Waals surface area contributed by atoms with Crippen LogP contribution in [0.4, 0.5) is 11.6 Å². The predicted molar refractivity (Wildman–Crippen MR) is 91.5 cm³/mol. The average molecular weight is 303 g/mol. The molecule has 0 aromatic carbocycles. The molecule has 3 aromatic rings. The fourth-order valence-corrected chi connectivity index (χ4v) is 2.34. The van der Waals surface area contributed by atoms with Gasteiger partial charge in [0.1, 0.15) is 11.6 Å². The molecule has 0 aliphatic rings. The molecule has 0 atom stereocenters. The summed E-state index contributed by atoms with van der Waals surface area (Å²) in [5, 5.41) is 0. The molecule has 3 heterocycles. The third-order valence-corrected chi connectivity index (χ3v) is 3.65. The van der Waals surface area contributed by atoms with Gasteiger partial charge < -0.3 is 4.90 Å². The number of pyridine rings is 3. The number of hydrogen-bond acceptors (Lipinski definition) is 4. The van der Waals surface area contributed by atoms with Crippen LogP contribution in [0.15, 0.2) is 61.2 Å². The minimum Gasteiger partial charge on any atom is -0.306 e. The highest BCUT2D eigenvalue weighted by Gasteiger charge is 2.14. The van der Waals surface area contributed by atoms with Gasteiger partial charge in [-0.3, -0.25) is 4.98 Å². The molecule has 0 spiro atoms. The first kappa shape index (κ1) is 15.2. The van der Waals surface area contributed by atoms with Crippen LogP contribution in [-0.2, 0) is 6.54 Å². The van der Waals surface area contributed by atoms with Crippen molar-refractivity contribution in [3.05, 3.63) is 78.4 Å². The molecule has 23 heavy (non-hydrogen) atoms. The van der Waals surface area contributed by atoms with Gasteiger partial charge in [-0.25, -0.2) is 9.97 Å². The molecule has 0 bridgehead atoms. The van der Waals surface area contributed by atoms with Crippen LogP contribution in [0.25, 0.3) is 0 Å². The topological polar surface area (TPSA) is 41.9 Å². The van der Waals surface area contributed by atoms with Crippen LogP contribution in [0.5, 0.6) is 0 Å². The van der Waals surface area contributed by atoms with Crippen molar-refractivity contribution in [2.24, 2.45) is 0 Å². The Hall–Kier alpha value is -2.75. The Morgan fingerprint density at radius 3 is 2.57 bits per heavy atom. The molecule has 1 radical (unpaired) electrons. The molecule has 0 amide bonds. The van der Waals surface area contributed by atoms with E-state index in [0.717, 1.165) is 17.2 Å². The van der Waals surface area contributed by atoms with Crippen molar-refractivity contribution in [2.75, 3.05) is 4.90 Å². The maximum atomic E-state index is 4.54. The summed E-state index contributed by atoms with van der Waals surface area (Å²) in [4.78, 5) is 15.1. The fraction of sp³-hybridized carbons (Fsp3) is 0.211. The van der Waals surface area contributed by atoms with Crippen LogP contribution in [-0.4, -0.2) is 15.0 Å². The van der Waals surface area contributed by atoms with Gasteiger partial charge in [-0.1, -0.05) is 13.8 Å². The fourth-order valence-electron chi connectivity index (χ4n) is 2.34. The Morgan fingerprint density at radius 2 is 1.87 bits per heavy atom. The van der Waals surface area contributed by atoms with Gasteiger partial charge in [-0.2, -0.15) is 0 Å². The largest absolute Gasteiger partial charge is 0.306 e. The van der Waals surface area contributed by atoms with Crippen molar-refractivity contribution < 1.29 is 0 Å². The van der Waals surface area contributed by atoms with Crippen LogP contribution in [0, 0.1) is 6.07 Å². The van der Waals surface area contributed by atoms with E-state index in [2.05, 4.69) is 51.9 Å². The summed E-state index contributed by atoms with van der Waals surface area (Å²) in [5.74, 6) is 2.09. The third-order valence-electron chi connectivity index (χ3n) is 3.65. The van der Waals surface area contributed by atoms with Crippen LogP contribution in [0.3, 0.4) is 0 Å². The van der Waals surface area contributed by atoms with Gasteiger partial charge in [0.2, 0.25) is 0 Å². The summed E-state index contributed by atoms with van der Waals surface area (Å²) in [6.45, 7) is 5.03. The van der Waals surface area contributed by atoms with Crippen molar-refractivity contribution in [3.8, 4) is 0 Å². The molecule has 3 rings (SSSR count). The smallest absolute Gasteiger partial charge is 0.142 e. The second kappa shape index (κ2) is 7.01. The Kier molecular flexibility index (Phi) is 4.62. The van der Waals surface area contributed by atoms with E-state index in [-0.39, 0.29) is 0 Å². The maximum absolute atomic E-state index is 4.54. The molecular formula is C19H19N4. The molecule has 0 saturated heterocycles. The van der Waals surface area contributed by atoms with E-state index in [0.29, 0.717) is 12.5 Å². The second-order valence-corrected chi connectivity index (χ2v) is 5.65. The Labute approximate surface area is 136 Å². The molecule has 0 unspecified atom stereocenters. The van der Waals surface area contributed by atoms with Crippen molar-refractivity contribution in [2.45, 2.75) is 26.3 Å². The lowest BCUT2D eigenvalue weighted by molar-refractivity contribution is 0.853. The summed E-state index contributed by atoms with van der Waals surface area (Å²) >= 11 is 0. The molecule has 0 fully saturated rings. The first-order chi connectivity index (χ1) is 11.2. The number of anilines is 2. The van der Waals surface area contributed by atoms with Gasteiger partial charge in [0, 0.05) is 30.9 Å². The van der Waals surface area contributed by atoms with E-state index < -0.39 is 0 Å². The first-order valence-electron chi connectivity index (χ1n) is 7.69. The van der Waals surface area contributed by atoms with Gasteiger partial charge in [-0.15, -0.1) is 0 Å². The van der Waals surface area contributed by atoms with Crippen molar-refractivity contribution >= 4 is 11.6 Å².